The summed E-state index contributed by atoms with van der Waals surface area (Å²) in [6.45, 7) is 4.40. The Morgan fingerprint density at radius 2 is 1.43 bits per heavy atom. The fraction of sp³-hybridized carbons (Fsp3) is 0.684. The third-order valence-electron chi connectivity index (χ3n) is 6.44. The zero-order valence-corrected chi connectivity index (χ0v) is 13.4. The van der Waals surface area contributed by atoms with Crippen molar-refractivity contribution < 1.29 is 0 Å². The van der Waals surface area contributed by atoms with Crippen molar-refractivity contribution in [2.75, 3.05) is 0 Å². The lowest BCUT2D eigenvalue weighted by molar-refractivity contribution is -0.0749. The van der Waals surface area contributed by atoms with E-state index in [1.165, 1.54) is 55.2 Å². The zero-order valence-electron chi connectivity index (χ0n) is 13.4. The summed E-state index contributed by atoms with van der Waals surface area (Å²) in [5, 5.41) is 0. The molecule has 4 bridgehead atoms. The van der Waals surface area contributed by atoms with Gasteiger partial charge in [-0.25, -0.2) is 0 Å². The normalized spacial score (nSPS) is 38.7. The standard InChI is InChI=1S/C19H28N2/c1-12-3-13(2)5-17(4-12)18(21-20)19-9-14-6-15(10-19)8-16(7-14)11-19/h3-5,14-16,18,21H,6-11,20H2,1-2H3. The van der Waals surface area contributed by atoms with Gasteiger partial charge in [-0.05, 0) is 81.1 Å². The number of hydrazine groups is 1. The van der Waals surface area contributed by atoms with Gasteiger partial charge in [-0.2, -0.15) is 0 Å². The molecule has 2 nitrogen and oxygen atoms in total. The average molecular weight is 284 g/mol. The molecule has 0 heterocycles. The van der Waals surface area contributed by atoms with Crippen LogP contribution < -0.4 is 11.3 Å². The van der Waals surface area contributed by atoms with E-state index >= 15 is 0 Å². The number of aryl methyl sites for hydroxylation is 2. The molecule has 114 valence electrons. The molecule has 1 unspecified atom stereocenters. The minimum atomic E-state index is 0.337. The number of nitrogens with two attached hydrogens (primary N) is 1. The monoisotopic (exact) mass is 284 g/mol. The molecule has 1 aromatic carbocycles. The van der Waals surface area contributed by atoms with Gasteiger partial charge in [-0.1, -0.05) is 29.3 Å². The Morgan fingerprint density at radius 3 is 1.86 bits per heavy atom. The molecular formula is C19H28N2. The molecule has 2 heteroatoms. The molecule has 0 radical (unpaired) electrons. The predicted octanol–water partition coefficient (Wildman–Crippen LogP) is 4.02. The number of rotatable bonds is 3. The van der Waals surface area contributed by atoms with Crippen molar-refractivity contribution in [2.45, 2.75) is 58.4 Å². The molecule has 0 aliphatic heterocycles. The Bertz CT molecular complexity index is 493. The minimum Gasteiger partial charge on any atom is -0.271 e. The van der Waals surface area contributed by atoms with Gasteiger partial charge < -0.3 is 0 Å². The SMILES string of the molecule is Cc1cc(C)cc(C(NN)C23CC4CC(CC(C4)C2)C3)c1. The molecule has 3 N–H and O–H groups in total. The van der Waals surface area contributed by atoms with E-state index in [-0.39, 0.29) is 0 Å². The van der Waals surface area contributed by atoms with Crippen molar-refractivity contribution in [3.63, 3.8) is 0 Å². The third-order valence-corrected chi connectivity index (χ3v) is 6.44. The Labute approximate surface area is 128 Å². The number of hydrogen-bond donors (Lipinski definition) is 2. The lowest BCUT2D eigenvalue weighted by atomic mass is 9.47. The van der Waals surface area contributed by atoms with Gasteiger partial charge >= 0.3 is 0 Å². The highest BCUT2D eigenvalue weighted by molar-refractivity contribution is 5.32. The Kier molecular flexibility index (Phi) is 3.16. The van der Waals surface area contributed by atoms with Crippen molar-refractivity contribution in [3.05, 3.63) is 34.9 Å². The van der Waals surface area contributed by atoms with Gasteiger partial charge in [0.15, 0.2) is 0 Å². The molecule has 4 saturated carbocycles. The quantitative estimate of drug-likeness (QED) is 0.650. The number of benzene rings is 1. The van der Waals surface area contributed by atoms with Crippen LogP contribution in [0.4, 0.5) is 0 Å². The Balaban J connectivity index is 1.72. The highest BCUT2D eigenvalue weighted by atomic mass is 15.2. The van der Waals surface area contributed by atoms with Crippen LogP contribution in [0.1, 0.15) is 61.3 Å². The molecule has 1 atom stereocenters. The van der Waals surface area contributed by atoms with E-state index in [4.69, 9.17) is 5.84 Å². The van der Waals surface area contributed by atoms with Crippen LogP contribution in [0.15, 0.2) is 18.2 Å². The van der Waals surface area contributed by atoms with Crippen molar-refractivity contribution >= 4 is 0 Å². The highest BCUT2D eigenvalue weighted by Crippen LogP contribution is 2.63. The molecule has 4 aliphatic rings. The van der Waals surface area contributed by atoms with E-state index in [2.05, 4.69) is 37.5 Å². The summed E-state index contributed by atoms with van der Waals surface area (Å²) in [4.78, 5) is 0. The molecule has 0 spiro atoms. The van der Waals surface area contributed by atoms with E-state index in [1.807, 2.05) is 0 Å². The van der Waals surface area contributed by atoms with Crippen LogP contribution in [0.25, 0.3) is 0 Å². The van der Waals surface area contributed by atoms with Crippen LogP contribution in [-0.4, -0.2) is 0 Å². The molecule has 4 aliphatic carbocycles. The smallest absolute Gasteiger partial charge is 0.0516 e. The topological polar surface area (TPSA) is 38.0 Å². The Hall–Kier alpha value is -0.860. The van der Waals surface area contributed by atoms with Gasteiger partial charge in [0.05, 0.1) is 6.04 Å². The number of nitrogens with one attached hydrogen (secondary N) is 1. The van der Waals surface area contributed by atoms with Crippen molar-refractivity contribution in [3.8, 4) is 0 Å². The first-order chi connectivity index (χ1) is 10.1. The molecule has 0 saturated heterocycles. The van der Waals surface area contributed by atoms with E-state index in [1.54, 1.807) is 0 Å². The van der Waals surface area contributed by atoms with Crippen molar-refractivity contribution in [1.29, 1.82) is 0 Å². The first kappa shape index (κ1) is 13.8. The summed E-state index contributed by atoms with van der Waals surface area (Å²) in [5.41, 5.74) is 7.78. The maximum absolute atomic E-state index is 6.08. The summed E-state index contributed by atoms with van der Waals surface area (Å²) in [6, 6.07) is 7.28. The van der Waals surface area contributed by atoms with Crippen LogP contribution >= 0.6 is 0 Å². The molecule has 0 aromatic heterocycles. The molecule has 21 heavy (non-hydrogen) atoms. The maximum Gasteiger partial charge on any atom is 0.0516 e. The average Bonchev–Trinajstić information content (AvgIpc) is 2.36. The minimum absolute atomic E-state index is 0.337. The zero-order chi connectivity index (χ0) is 14.6. The van der Waals surface area contributed by atoms with Gasteiger partial charge in [0.25, 0.3) is 0 Å². The molecule has 4 fully saturated rings. The van der Waals surface area contributed by atoms with E-state index in [0.717, 1.165) is 17.8 Å². The van der Waals surface area contributed by atoms with Crippen molar-refractivity contribution in [2.24, 2.45) is 29.0 Å². The van der Waals surface area contributed by atoms with E-state index in [9.17, 15) is 0 Å². The molecule has 5 rings (SSSR count). The van der Waals surface area contributed by atoms with Gasteiger partial charge in [-0.3, -0.25) is 11.3 Å². The summed E-state index contributed by atoms with van der Waals surface area (Å²) in [5.74, 6) is 8.99. The fourth-order valence-corrected chi connectivity index (χ4v) is 6.33. The van der Waals surface area contributed by atoms with Crippen LogP contribution in [0.2, 0.25) is 0 Å². The second-order valence-electron chi connectivity index (χ2n) is 8.30. The maximum atomic E-state index is 6.08. The van der Waals surface area contributed by atoms with Gasteiger partial charge in [0, 0.05) is 0 Å². The van der Waals surface area contributed by atoms with E-state index < -0.39 is 0 Å². The second-order valence-corrected chi connectivity index (χ2v) is 8.30. The van der Waals surface area contributed by atoms with Gasteiger partial charge in [0.1, 0.15) is 0 Å². The second kappa shape index (κ2) is 4.82. The first-order valence-electron chi connectivity index (χ1n) is 8.62. The molecule has 1 aromatic rings. The number of hydrogen-bond acceptors (Lipinski definition) is 2. The summed E-state index contributed by atoms with van der Waals surface area (Å²) >= 11 is 0. The van der Waals surface area contributed by atoms with Crippen molar-refractivity contribution in [1.82, 2.24) is 5.43 Å². The van der Waals surface area contributed by atoms with E-state index in [0.29, 0.717) is 11.5 Å². The van der Waals surface area contributed by atoms with Crippen LogP contribution in [0, 0.1) is 37.0 Å². The third kappa shape index (κ3) is 2.24. The molecular weight excluding hydrogens is 256 g/mol. The van der Waals surface area contributed by atoms with Crippen LogP contribution in [0.3, 0.4) is 0 Å². The van der Waals surface area contributed by atoms with Crippen LogP contribution in [0.5, 0.6) is 0 Å². The van der Waals surface area contributed by atoms with Crippen LogP contribution in [-0.2, 0) is 0 Å². The summed E-state index contributed by atoms with van der Waals surface area (Å²) in [7, 11) is 0. The first-order valence-corrected chi connectivity index (χ1v) is 8.62. The largest absolute Gasteiger partial charge is 0.271 e. The highest BCUT2D eigenvalue weighted by Gasteiger charge is 2.54. The summed E-state index contributed by atoms with van der Waals surface area (Å²) in [6.07, 6.45) is 8.64. The lowest BCUT2D eigenvalue weighted by Crippen LogP contribution is -2.53. The summed E-state index contributed by atoms with van der Waals surface area (Å²) < 4.78 is 0. The van der Waals surface area contributed by atoms with Gasteiger partial charge in [0.2, 0.25) is 0 Å². The predicted molar refractivity (Wildman–Crippen MR) is 86.6 cm³/mol. The van der Waals surface area contributed by atoms with Gasteiger partial charge in [-0.15, -0.1) is 0 Å². The Morgan fingerprint density at radius 1 is 0.952 bits per heavy atom. The fourth-order valence-electron chi connectivity index (χ4n) is 6.33. The molecule has 0 amide bonds. The lowest BCUT2D eigenvalue weighted by Gasteiger charge is -2.59.